The van der Waals surface area contributed by atoms with Crippen molar-refractivity contribution in [3.8, 4) is 11.5 Å². The van der Waals surface area contributed by atoms with E-state index in [1.54, 1.807) is 7.11 Å². The van der Waals surface area contributed by atoms with Crippen molar-refractivity contribution in [1.29, 1.82) is 0 Å². The fourth-order valence-corrected chi connectivity index (χ4v) is 3.36. The molecule has 1 unspecified atom stereocenters. The molecule has 26 heavy (non-hydrogen) atoms. The standard InChI is InChI=1S/C19H28N2O4.ClH/c1-23-17-7-6-14(10-18(17)25-16-4-2-3-5-16)12-21-19(22)11-15-13-24-9-8-20-15;/h6-7,10,15-16,20H,2-5,8-9,11-13H2,1H3,(H,21,22);1H. The van der Waals surface area contributed by atoms with Gasteiger partial charge in [-0.2, -0.15) is 0 Å². The van der Waals surface area contributed by atoms with Crippen LogP contribution >= 0.6 is 12.4 Å². The van der Waals surface area contributed by atoms with Crippen molar-refractivity contribution in [2.75, 3.05) is 26.9 Å². The minimum absolute atomic E-state index is 0. The Kier molecular flexibility index (Phi) is 8.48. The highest BCUT2D eigenvalue weighted by atomic mass is 35.5. The smallest absolute Gasteiger partial charge is 0.221 e. The second kappa shape index (κ2) is 10.6. The number of benzene rings is 1. The Morgan fingerprint density at radius 3 is 2.81 bits per heavy atom. The molecule has 1 atom stereocenters. The van der Waals surface area contributed by atoms with Crippen molar-refractivity contribution in [2.45, 2.75) is 50.8 Å². The van der Waals surface area contributed by atoms with Crippen molar-refractivity contribution >= 4 is 18.3 Å². The van der Waals surface area contributed by atoms with Crippen molar-refractivity contribution in [3.05, 3.63) is 23.8 Å². The quantitative estimate of drug-likeness (QED) is 0.755. The summed E-state index contributed by atoms with van der Waals surface area (Å²) in [6, 6.07) is 5.94. The largest absolute Gasteiger partial charge is 0.493 e. The normalized spacial score (nSPS) is 20.3. The molecule has 1 aliphatic carbocycles. The first-order chi connectivity index (χ1) is 12.2. The van der Waals surface area contributed by atoms with E-state index in [1.807, 2.05) is 18.2 Å². The van der Waals surface area contributed by atoms with Gasteiger partial charge in [0.2, 0.25) is 5.91 Å². The molecule has 1 saturated carbocycles. The van der Waals surface area contributed by atoms with Crippen LogP contribution in [0.15, 0.2) is 18.2 Å². The Balaban J connectivity index is 0.00000243. The first kappa shape index (κ1) is 20.8. The average Bonchev–Trinajstić information content (AvgIpc) is 3.14. The molecule has 1 saturated heterocycles. The van der Waals surface area contributed by atoms with Crippen LogP contribution in [0.4, 0.5) is 0 Å². The average molecular weight is 385 g/mol. The number of halogens is 1. The lowest BCUT2D eigenvalue weighted by Gasteiger charge is -2.23. The van der Waals surface area contributed by atoms with Crippen LogP contribution in [0.2, 0.25) is 0 Å². The van der Waals surface area contributed by atoms with Crippen LogP contribution in [0.1, 0.15) is 37.7 Å². The summed E-state index contributed by atoms with van der Waals surface area (Å²) in [6.45, 7) is 2.60. The molecule has 0 aromatic heterocycles. The third-order valence-corrected chi connectivity index (χ3v) is 4.74. The Hall–Kier alpha value is -1.50. The van der Waals surface area contributed by atoms with Crippen molar-refractivity contribution < 1.29 is 19.0 Å². The van der Waals surface area contributed by atoms with Gasteiger partial charge >= 0.3 is 0 Å². The number of ether oxygens (including phenoxy) is 3. The van der Waals surface area contributed by atoms with E-state index in [4.69, 9.17) is 14.2 Å². The molecule has 1 heterocycles. The second-order valence-corrected chi connectivity index (χ2v) is 6.72. The molecule has 1 aliphatic heterocycles. The number of amides is 1. The molecule has 3 rings (SSSR count). The third kappa shape index (κ3) is 6.04. The van der Waals surface area contributed by atoms with Gasteiger partial charge in [0.25, 0.3) is 0 Å². The number of hydrogen-bond donors (Lipinski definition) is 2. The lowest BCUT2D eigenvalue weighted by atomic mass is 10.1. The van der Waals surface area contributed by atoms with Crippen molar-refractivity contribution in [3.63, 3.8) is 0 Å². The molecule has 7 heteroatoms. The molecule has 0 bridgehead atoms. The van der Waals surface area contributed by atoms with Crippen LogP contribution in [0.3, 0.4) is 0 Å². The van der Waals surface area contributed by atoms with Crippen molar-refractivity contribution in [1.82, 2.24) is 10.6 Å². The summed E-state index contributed by atoms with van der Waals surface area (Å²) in [5, 5.41) is 6.26. The minimum atomic E-state index is 0. The molecule has 1 aromatic rings. The molecule has 2 aliphatic rings. The molecule has 146 valence electrons. The summed E-state index contributed by atoms with van der Waals surface area (Å²) in [6.07, 6.45) is 5.35. The summed E-state index contributed by atoms with van der Waals surface area (Å²) in [5.74, 6) is 1.53. The Morgan fingerprint density at radius 2 is 2.12 bits per heavy atom. The third-order valence-electron chi connectivity index (χ3n) is 4.74. The number of carbonyl (C=O) groups excluding carboxylic acids is 1. The molecular formula is C19H29ClN2O4. The maximum atomic E-state index is 12.1. The van der Waals surface area contributed by atoms with Gasteiger partial charge in [-0.15, -0.1) is 12.4 Å². The Labute approximate surface area is 161 Å². The molecule has 1 aromatic carbocycles. The fraction of sp³-hybridized carbons (Fsp3) is 0.632. The number of rotatable bonds is 7. The van der Waals surface area contributed by atoms with E-state index in [-0.39, 0.29) is 30.5 Å². The van der Waals surface area contributed by atoms with E-state index in [0.717, 1.165) is 36.4 Å². The fourth-order valence-electron chi connectivity index (χ4n) is 3.36. The molecule has 2 fully saturated rings. The van der Waals surface area contributed by atoms with Gasteiger partial charge in [-0.05, 0) is 43.4 Å². The maximum absolute atomic E-state index is 12.1. The van der Waals surface area contributed by atoms with E-state index in [2.05, 4.69) is 10.6 Å². The zero-order valence-electron chi connectivity index (χ0n) is 15.3. The molecule has 6 nitrogen and oxygen atoms in total. The molecule has 2 N–H and O–H groups in total. The first-order valence-corrected chi connectivity index (χ1v) is 9.16. The van der Waals surface area contributed by atoms with Gasteiger partial charge in [0.15, 0.2) is 11.5 Å². The number of hydrogen-bond acceptors (Lipinski definition) is 5. The second-order valence-electron chi connectivity index (χ2n) is 6.72. The predicted octanol–water partition coefficient (Wildman–Crippen LogP) is 2.43. The molecule has 0 spiro atoms. The van der Waals surface area contributed by atoms with Crippen LogP contribution in [0.25, 0.3) is 0 Å². The maximum Gasteiger partial charge on any atom is 0.221 e. The summed E-state index contributed by atoms with van der Waals surface area (Å²) < 4.78 is 16.9. The summed E-state index contributed by atoms with van der Waals surface area (Å²) in [4.78, 5) is 12.1. The monoisotopic (exact) mass is 384 g/mol. The van der Waals surface area contributed by atoms with Crippen LogP contribution in [0.5, 0.6) is 11.5 Å². The topological polar surface area (TPSA) is 68.8 Å². The summed E-state index contributed by atoms with van der Waals surface area (Å²) in [7, 11) is 1.65. The van der Waals surface area contributed by atoms with Gasteiger partial charge in [0.05, 0.1) is 26.4 Å². The first-order valence-electron chi connectivity index (χ1n) is 9.16. The summed E-state index contributed by atoms with van der Waals surface area (Å²) >= 11 is 0. The number of carbonyl (C=O) groups is 1. The van der Waals surface area contributed by atoms with Crippen LogP contribution in [0, 0.1) is 0 Å². The van der Waals surface area contributed by atoms with Gasteiger partial charge in [-0.25, -0.2) is 0 Å². The van der Waals surface area contributed by atoms with Gasteiger partial charge in [-0.3, -0.25) is 4.79 Å². The van der Waals surface area contributed by atoms with E-state index in [1.165, 1.54) is 12.8 Å². The number of nitrogens with one attached hydrogen (secondary N) is 2. The SMILES string of the molecule is COc1ccc(CNC(=O)CC2COCCN2)cc1OC1CCCC1.Cl. The zero-order valence-corrected chi connectivity index (χ0v) is 16.1. The van der Waals surface area contributed by atoms with Gasteiger partial charge in [-0.1, -0.05) is 6.07 Å². The van der Waals surface area contributed by atoms with E-state index < -0.39 is 0 Å². The molecular weight excluding hydrogens is 356 g/mol. The number of methoxy groups -OCH3 is 1. The van der Waals surface area contributed by atoms with E-state index in [9.17, 15) is 4.79 Å². The molecule has 0 radical (unpaired) electrons. The Bertz CT molecular complexity index is 573. The Morgan fingerprint density at radius 1 is 1.31 bits per heavy atom. The van der Waals surface area contributed by atoms with Crippen LogP contribution in [-0.4, -0.2) is 44.9 Å². The van der Waals surface area contributed by atoms with Crippen LogP contribution < -0.4 is 20.1 Å². The van der Waals surface area contributed by atoms with Gasteiger partial charge in [0.1, 0.15) is 0 Å². The van der Waals surface area contributed by atoms with E-state index >= 15 is 0 Å². The lowest BCUT2D eigenvalue weighted by molar-refractivity contribution is -0.122. The van der Waals surface area contributed by atoms with Gasteiger partial charge in [0, 0.05) is 25.6 Å². The van der Waals surface area contributed by atoms with Gasteiger partial charge < -0.3 is 24.8 Å². The van der Waals surface area contributed by atoms with Crippen LogP contribution in [-0.2, 0) is 16.1 Å². The highest BCUT2D eigenvalue weighted by Crippen LogP contribution is 2.32. The van der Waals surface area contributed by atoms with E-state index in [0.29, 0.717) is 26.2 Å². The van der Waals surface area contributed by atoms with Crippen molar-refractivity contribution in [2.24, 2.45) is 0 Å². The zero-order chi connectivity index (χ0) is 17.5. The number of morpholine rings is 1. The molecule has 1 amide bonds. The highest BCUT2D eigenvalue weighted by molar-refractivity contribution is 5.85. The highest BCUT2D eigenvalue weighted by Gasteiger charge is 2.19. The predicted molar refractivity (Wildman–Crippen MR) is 102 cm³/mol. The lowest BCUT2D eigenvalue weighted by Crippen LogP contribution is -2.44. The minimum Gasteiger partial charge on any atom is -0.493 e. The summed E-state index contributed by atoms with van der Waals surface area (Å²) in [5.41, 5.74) is 1.01.